The van der Waals surface area contributed by atoms with Crippen LogP contribution in [0.4, 0.5) is 0 Å². The van der Waals surface area contributed by atoms with Crippen molar-refractivity contribution in [1.82, 2.24) is 0 Å². The lowest BCUT2D eigenvalue weighted by atomic mass is 10.2. The van der Waals surface area contributed by atoms with E-state index in [1.54, 1.807) is 14.2 Å². The van der Waals surface area contributed by atoms with Gasteiger partial charge in [-0.15, -0.1) is 0 Å². The molecule has 0 N–H and O–H groups in total. The van der Waals surface area contributed by atoms with Crippen LogP contribution >= 0.6 is 8.15 Å². The lowest BCUT2D eigenvalue weighted by Crippen LogP contribution is -2.01. The Hall–Kier alpha value is -1.57. The summed E-state index contributed by atoms with van der Waals surface area (Å²) in [6.07, 6.45) is 2.13. The molecular formula is C19H25O3P. The molecule has 4 heteroatoms. The third kappa shape index (κ3) is 5.85. The van der Waals surface area contributed by atoms with Gasteiger partial charge in [-0.3, -0.25) is 0 Å². The average molecular weight is 332 g/mol. The van der Waals surface area contributed by atoms with E-state index in [2.05, 4.69) is 38.1 Å². The highest BCUT2D eigenvalue weighted by atomic mass is 31.1. The monoisotopic (exact) mass is 332 g/mol. The summed E-state index contributed by atoms with van der Waals surface area (Å²) in [7, 11) is 2.81. The lowest BCUT2D eigenvalue weighted by molar-refractivity contribution is 0.269. The second-order valence-corrected chi connectivity index (χ2v) is 7.46. The zero-order valence-corrected chi connectivity index (χ0v) is 15.2. The van der Waals surface area contributed by atoms with E-state index in [1.807, 2.05) is 24.3 Å². The van der Waals surface area contributed by atoms with E-state index >= 15 is 0 Å². The molecule has 2 aromatic carbocycles. The summed E-state index contributed by atoms with van der Waals surface area (Å²) in [5.41, 5.74) is 2.57. The number of ether oxygens (including phenoxy) is 2. The average Bonchev–Trinajstić information content (AvgIpc) is 2.55. The van der Waals surface area contributed by atoms with Crippen LogP contribution in [0.15, 0.2) is 48.5 Å². The Morgan fingerprint density at radius 3 is 1.43 bits per heavy atom. The van der Waals surface area contributed by atoms with Crippen LogP contribution in [0.3, 0.4) is 0 Å². The molecule has 0 bridgehead atoms. The number of methoxy groups -OCH3 is 2. The highest BCUT2D eigenvalue weighted by Crippen LogP contribution is 2.45. The van der Waals surface area contributed by atoms with Crippen LogP contribution in [-0.4, -0.2) is 20.3 Å². The van der Waals surface area contributed by atoms with Gasteiger partial charge in [0.1, 0.15) is 11.5 Å². The van der Waals surface area contributed by atoms with Crippen molar-refractivity contribution in [3.63, 3.8) is 0 Å². The van der Waals surface area contributed by atoms with Gasteiger partial charge in [0.25, 0.3) is 0 Å². The Bertz CT molecular complexity index is 529. The largest absolute Gasteiger partial charge is 0.497 e. The van der Waals surface area contributed by atoms with Crippen molar-refractivity contribution in [3.05, 3.63) is 59.7 Å². The van der Waals surface area contributed by atoms with Gasteiger partial charge >= 0.3 is 0 Å². The standard InChI is InChI=1S/C19H25O3P/c1-15(2)22-23(13-16-5-9-18(20-3)10-6-16)14-17-7-11-19(21-4)12-8-17/h5-12,15H,13-14H2,1-4H3. The third-order valence-electron chi connectivity index (χ3n) is 3.40. The molecule has 0 saturated heterocycles. The fourth-order valence-corrected chi connectivity index (χ4v) is 4.39. The van der Waals surface area contributed by atoms with Crippen LogP contribution in [0.1, 0.15) is 25.0 Å². The molecule has 0 heterocycles. The maximum atomic E-state index is 6.17. The Balaban J connectivity index is 2.05. The molecule has 2 rings (SSSR count). The van der Waals surface area contributed by atoms with E-state index in [0.29, 0.717) is 0 Å². The number of benzene rings is 2. The van der Waals surface area contributed by atoms with Crippen molar-refractivity contribution in [1.29, 1.82) is 0 Å². The van der Waals surface area contributed by atoms with Crippen LogP contribution in [0.25, 0.3) is 0 Å². The fourth-order valence-electron chi connectivity index (χ4n) is 2.30. The number of hydrogen-bond donors (Lipinski definition) is 0. The highest BCUT2D eigenvalue weighted by Gasteiger charge is 2.13. The first-order valence-corrected chi connectivity index (χ1v) is 9.41. The maximum Gasteiger partial charge on any atom is 0.118 e. The summed E-state index contributed by atoms with van der Waals surface area (Å²) in [5, 5.41) is 0. The maximum absolute atomic E-state index is 6.17. The van der Waals surface area contributed by atoms with Crippen molar-refractivity contribution < 1.29 is 14.0 Å². The van der Waals surface area contributed by atoms with E-state index in [-0.39, 0.29) is 6.10 Å². The van der Waals surface area contributed by atoms with Gasteiger partial charge < -0.3 is 14.0 Å². The molecule has 0 atom stereocenters. The summed E-state index contributed by atoms with van der Waals surface area (Å²) in [6.45, 7) is 4.19. The smallest absolute Gasteiger partial charge is 0.118 e. The summed E-state index contributed by atoms with van der Waals surface area (Å²) < 4.78 is 16.6. The molecule has 3 nitrogen and oxygen atoms in total. The molecule has 23 heavy (non-hydrogen) atoms. The fraction of sp³-hybridized carbons (Fsp3) is 0.368. The van der Waals surface area contributed by atoms with Crippen molar-refractivity contribution in [2.75, 3.05) is 14.2 Å². The molecule has 124 valence electrons. The molecule has 2 aromatic rings. The van der Waals surface area contributed by atoms with Crippen LogP contribution in [0, 0.1) is 0 Å². The van der Waals surface area contributed by atoms with Crippen molar-refractivity contribution in [3.8, 4) is 11.5 Å². The van der Waals surface area contributed by atoms with E-state index in [1.165, 1.54) is 11.1 Å². The van der Waals surface area contributed by atoms with Crippen LogP contribution in [0.5, 0.6) is 11.5 Å². The summed E-state index contributed by atoms with van der Waals surface area (Å²) in [5.74, 6) is 1.77. The van der Waals surface area contributed by atoms with E-state index in [0.717, 1.165) is 23.8 Å². The Kier molecular flexibility index (Phi) is 6.88. The molecule has 0 aliphatic heterocycles. The molecule has 0 spiro atoms. The van der Waals surface area contributed by atoms with Gasteiger partial charge in [0.2, 0.25) is 0 Å². The van der Waals surface area contributed by atoms with Crippen LogP contribution < -0.4 is 9.47 Å². The minimum Gasteiger partial charge on any atom is -0.497 e. The molecule has 0 unspecified atom stereocenters. The normalized spacial score (nSPS) is 11.0. The third-order valence-corrected chi connectivity index (χ3v) is 5.55. The van der Waals surface area contributed by atoms with Gasteiger partial charge in [0, 0.05) is 20.5 Å². The van der Waals surface area contributed by atoms with E-state index in [9.17, 15) is 0 Å². The zero-order valence-electron chi connectivity index (χ0n) is 14.3. The second-order valence-electron chi connectivity index (χ2n) is 5.65. The van der Waals surface area contributed by atoms with Gasteiger partial charge in [0.15, 0.2) is 0 Å². The first-order valence-electron chi connectivity index (χ1n) is 7.78. The molecule has 0 saturated carbocycles. The minimum atomic E-state index is -0.562. The zero-order chi connectivity index (χ0) is 16.7. The molecule has 0 fully saturated rings. The molecule has 0 aromatic heterocycles. The summed E-state index contributed by atoms with van der Waals surface area (Å²) in [4.78, 5) is 0. The van der Waals surface area contributed by atoms with Gasteiger partial charge in [-0.25, -0.2) is 0 Å². The predicted molar refractivity (Wildman–Crippen MR) is 96.5 cm³/mol. The van der Waals surface area contributed by atoms with Crippen LogP contribution in [-0.2, 0) is 16.8 Å². The van der Waals surface area contributed by atoms with Crippen molar-refractivity contribution in [2.45, 2.75) is 32.3 Å². The van der Waals surface area contributed by atoms with Crippen LogP contribution in [0.2, 0.25) is 0 Å². The summed E-state index contributed by atoms with van der Waals surface area (Å²) >= 11 is 0. The Morgan fingerprint density at radius 2 is 1.13 bits per heavy atom. The summed E-state index contributed by atoms with van der Waals surface area (Å²) in [6, 6.07) is 16.5. The number of rotatable bonds is 8. The first kappa shape index (κ1) is 17.8. The van der Waals surface area contributed by atoms with Crippen molar-refractivity contribution >= 4 is 8.15 Å². The van der Waals surface area contributed by atoms with Gasteiger partial charge in [-0.1, -0.05) is 24.3 Å². The lowest BCUT2D eigenvalue weighted by Gasteiger charge is -2.21. The van der Waals surface area contributed by atoms with Crippen molar-refractivity contribution in [2.24, 2.45) is 0 Å². The molecule has 0 aliphatic carbocycles. The SMILES string of the molecule is COc1ccc(CP(Cc2ccc(OC)cc2)OC(C)C)cc1. The Labute approximate surface area is 140 Å². The topological polar surface area (TPSA) is 27.7 Å². The van der Waals surface area contributed by atoms with Gasteiger partial charge in [-0.2, -0.15) is 0 Å². The molecule has 0 aliphatic rings. The first-order chi connectivity index (χ1) is 11.1. The molecular weight excluding hydrogens is 307 g/mol. The van der Waals surface area contributed by atoms with Gasteiger partial charge in [-0.05, 0) is 49.2 Å². The van der Waals surface area contributed by atoms with E-state index in [4.69, 9.17) is 14.0 Å². The number of hydrogen-bond acceptors (Lipinski definition) is 3. The minimum absolute atomic E-state index is 0.234. The Morgan fingerprint density at radius 1 is 0.739 bits per heavy atom. The molecule has 0 amide bonds. The highest BCUT2D eigenvalue weighted by molar-refractivity contribution is 7.50. The van der Waals surface area contributed by atoms with E-state index < -0.39 is 8.15 Å². The molecule has 0 radical (unpaired) electrons. The predicted octanol–water partition coefficient (Wildman–Crippen LogP) is 5.23. The van der Waals surface area contributed by atoms with Gasteiger partial charge in [0.05, 0.1) is 20.3 Å². The quantitative estimate of drug-likeness (QED) is 0.620. The second kappa shape index (κ2) is 8.90.